The van der Waals surface area contributed by atoms with Crippen LogP contribution in [0, 0.1) is 0 Å². The average molecular weight is 470 g/mol. The van der Waals surface area contributed by atoms with Crippen molar-refractivity contribution < 1.29 is 9.47 Å². The zero-order chi connectivity index (χ0) is 23.6. The Bertz CT molecular complexity index is 1440. The molecule has 6 rings (SSSR count). The summed E-state index contributed by atoms with van der Waals surface area (Å²) in [5.41, 5.74) is 4.53. The number of hydrogen-bond donors (Lipinski definition) is 2. The molecular formula is C26H27N7O2. The van der Waals surface area contributed by atoms with Gasteiger partial charge in [-0.25, -0.2) is 19.9 Å². The summed E-state index contributed by atoms with van der Waals surface area (Å²) in [5, 5.41) is 3.35. The number of hydrogen-bond acceptors (Lipinski definition) is 7. The molecule has 1 fully saturated rings. The number of nitrogens with zero attached hydrogens (tertiary/aromatic N) is 5. The van der Waals surface area contributed by atoms with E-state index in [1.54, 1.807) is 19.8 Å². The maximum absolute atomic E-state index is 6.27. The van der Waals surface area contributed by atoms with E-state index in [2.05, 4.69) is 36.3 Å². The molecule has 3 aromatic heterocycles. The molecule has 1 saturated carbocycles. The first kappa shape index (κ1) is 21.4. The van der Waals surface area contributed by atoms with Crippen LogP contribution >= 0.6 is 0 Å². The molecule has 0 spiro atoms. The van der Waals surface area contributed by atoms with Crippen LogP contribution in [0.3, 0.4) is 0 Å². The number of benzene rings is 2. The summed E-state index contributed by atoms with van der Waals surface area (Å²) in [4.78, 5) is 21.5. The van der Waals surface area contributed by atoms with Gasteiger partial charge in [0.1, 0.15) is 17.7 Å². The van der Waals surface area contributed by atoms with Crippen molar-refractivity contribution in [1.29, 1.82) is 0 Å². The summed E-state index contributed by atoms with van der Waals surface area (Å²) < 4.78 is 13.8. The molecule has 0 saturated heterocycles. The van der Waals surface area contributed by atoms with E-state index in [0.29, 0.717) is 18.9 Å². The van der Waals surface area contributed by atoms with Gasteiger partial charge in [-0.1, -0.05) is 18.2 Å². The highest BCUT2D eigenvalue weighted by Crippen LogP contribution is 2.33. The Morgan fingerprint density at radius 3 is 2.80 bits per heavy atom. The number of para-hydroxylation sites is 2. The topological polar surface area (TPSA) is 103 Å². The fraction of sp³-hybridized carbons (Fsp3) is 0.308. The van der Waals surface area contributed by atoms with Crippen molar-refractivity contribution in [1.82, 2.24) is 29.5 Å². The van der Waals surface area contributed by atoms with E-state index < -0.39 is 0 Å². The molecule has 9 nitrogen and oxygen atoms in total. The zero-order valence-electron chi connectivity index (χ0n) is 19.6. The van der Waals surface area contributed by atoms with Crippen LogP contribution in [-0.2, 0) is 13.1 Å². The van der Waals surface area contributed by atoms with Gasteiger partial charge in [0.25, 0.3) is 0 Å². The molecule has 0 radical (unpaired) electrons. The molecule has 1 aliphatic carbocycles. The second-order valence-electron chi connectivity index (χ2n) is 8.83. The van der Waals surface area contributed by atoms with Crippen molar-refractivity contribution >= 4 is 28.0 Å². The molecule has 35 heavy (non-hydrogen) atoms. The fourth-order valence-corrected chi connectivity index (χ4v) is 4.68. The number of H-pyrrole nitrogens is 1. The van der Waals surface area contributed by atoms with Crippen molar-refractivity contribution in [3.05, 3.63) is 66.5 Å². The van der Waals surface area contributed by atoms with Crippen LogP contribution in [0.25, 0.3) is 22.2 Å². The maximum atomic E-state index is 6.27. The molecule has 0 unspecified atom stereocenters. The number of imidazole rings is 2. The van der Waals surface area contributed by atoms with Crippen LogP contribution in [0.2, 0.25) is 0 Å². The zero-order valence-corrected chi connectivity index (χ0v) is 19.6. The smallest absolute Gasteiger partial charge is 0.165 e. The number of fused-ring (bicyclic) bond motifs is 2. The second-order valence-corrected chi connectivity index (χ2v) is 8.83. The predicted molar refractivity (Wildman–Crippen MR) is 134 cm³/mol. The average Bonchev–Trinajstić information content (AvgIpc) is 3.63. The molecule has 9 heteroatoms. The molecule has 2 N–H and O–H groups in total. The quantitative estimate of drug-likeness (QED) is 0.340. The first-order valence-electron chi connectivity index (χ1n) is 11.9. The Balaban J connectivity index is 1.21. The lowest BCUT2D eigenvalue weighted by atomic mass is 10.2. The third kappa shape index (κ3) is 4.37. The Morgan fingerprint density at radius 1 is 1.06 bits per heavy atom. The summed E-state index contributed by atoms with van der Waals surface area (Å²) in [7, 11) is 1.68. The SMILES string of the molecule is COc1ccc(Cn2cnc3c(NCc4nc5ccccc5[nH]4)ncnc32)cc1OC1CCCC1. The molecule has 178 valence electrons. The lowest BCUT2D eigenvalue weighted by Gasteiger charge is -2.17. The van der Waals surface area contributed by atoms with Crippen molar-refractivity contribution in [2.75, 3.05) is 12.4 Å². The molecule has 0 amide bonds. The van der Waals surface area contributed by atoms with Gasteiger partial charge < -0.3 is 24.3 Å². The van der Waals surface area contributed by atoms with Gasteiger partial charge in [0.05, 0.1) is 43.7 Å². The highest BCUT2D eigenvalue weighted by atomic mass is 16.5. The van der Waals surface area contributed by atoms with E-state index in [9.17, 15) is 0 Å². The van der Waals surface area contributed by atoms with Gasteiger partial charge in [-0.15, -0.1) is 0 Å². The lowest BCUT2D eigenvalue weighted by Crippen LogP contribution is -2.12. The highest BCUT2D eigenvalue weighted by molar-refractivity contribution is 5.82. The van der Waals surface area contributed by atoms with Crippen molar-refractivity contribution in [2.24, 2.45) is 0 Å². The summed E-state index contributed by atoms with van der Waals surface area (Å²) >= 11 is 0. The van der Waals surface area contributed by atoms with E-state index in [1.807, 2.05) is 41.0 Å². The number of anilines is 1. The van der Waals surface area contributed by atoms with Gasteiger partial charge in [-0.2, -0.15) is 0 Å². The number of aromatic amines is 1. The van der Waals surface area contributed by atoms with Crippen LogP contribution in [0.1, 0.15) is 37.1 Å². The maximum Gasteiger partial charge on any atom is 0.165 e. The summed E-state index contributed by atoms with van der Waals surface area (Å²) in [6, 6.07) is 14.1. The minimum absolute atomic E-state index is 0.265. The minimum atomic E-state index is 0.265. The number of rotatable bonds is 8. The van der Waals surface area contributed by atoms with Crippen molar-refractivity contribution in [3.8, 4) is 11.5 Å². The van der Waals surface area contributed by atoms with Gasteiger partial charge >= 0.3 is 0 Å². The standard InChI is InChI=1S/C26H27N7O2/c1-34-21-11-10-17(12-22(21)35-18-6-2-3-7-18)14-33-16-30-24-25(28-15-29-26(24)33)27-13-23-31-19-8-4-5-9-20(19)32-23/h4-5,8-12,15-16,18H,2-3,6-7,13-14H2,1H3,(H,31,32)(H,27,28,29). The molecule has 0 aliphatic heterocycles. The van der Waals surface area contributed by atoms with Crippen LogP contribution in [0.4, 0.5) is 5.82 Å². The van der Waals surface area contributed by atoms with Gasteiger partial charge in [0.2, 0.25) is 0 Å². The number of ether oxygens (including phenoxy) is 2. The normalized spacial score (nSPS) is 14.1. The minimum Gasteiger partial charge on any atom is -0.493 e. The first-order chi connectivity index (χ1) is 17.3. The van der Waals surface area contributed by atoms with Gasteiger partial charge in [0, 0.05) is 0 Å². The number of methoxy groups -OCH3 is 1. The molecule has 2 aromatic carbocycles. The summed E-state index contributed by atoms with van der Waals surface area (Å²) in [6.45, 7) is 1.12. The predicted octanol–water partition coefficient (Wildman–Crippen LogP) is 4.69. The van der Waals surface area contributed by atoms with Crippen molar-refractivity contribution in [3.63, 3.8) is 0 Å². The van der Waals surface area contributed by atoms with E-state index in [4.69, 9.17) is 9.47 Å². The third-order valence-electron chi connectivity index (χ3n) is 6.44. The highest BCUT2D eigenvalue weighted by Gasteiger charge is 2.19. The number of aromatic nitrogens is 6. The summed E-state index contributed by atoms with van der Waals surface area (Å²) in [6.07, 6.45) is 8.26. The van der Waals surface area contributed by atoms with Gasteiger partial charge in [-0.3, -0.25) is 0 Å². The van der Waals surface area contributed by atoms with E-state index in [1.165, 1.54) is 12.8 Å². The van der Waals surface area contributed by atoms with Crippen LogP contribution in [-0.4, -0.2) is 42.7 Å². The Labute approximate surface area is 202 Å². The van der Waals surface area contributed by atoms with Crippen molar-refractivity contribution in [2.45, 2.75) is 44.9 Å². The molecule has 5 aromatic rings. The molecule has 3 heterocycles. The Morgan fingerprint density at radius 2 is 1.94 bits per heavy atom. The Hall–Kier alpha value is -4.14. The number of nitrogens with one attached hydrogen (secondary N) is 2. The first-order valence-corrected chi connectivity index (χ1v) is 11.9. The largest absolute Gasteiger partial charge is 0.493 e. The second kappa shape index (κ2) is 9.25. The fourth-order valence-electron chi connectivity index (χ4n) is 4.68. The van der Waals surface area contributed by atoms with E-state index in [-0.39, 0.29) is 6.10 Å². The molecule has 0 atom stereocenters. The molecule has 1 aliphatic rings. The van der Waals surface area contributed by atoms with Crippen LogP contribution in [0.5, 0.6) is 11.5 Å². The Kier molecular flexibility index (Phi) is 5.65. The molecule has 0 bridgehead atoms. The molecular weight excluding hydrogens is 442 g/mol. The van der Waals surface area contributed by atoms with Crippen LogP contribution < -0.4 is 14.8 Å². The van der Waals surface area contributed by atoms with Gasteiger partial charge in [-0.05, 0) is 55.5 Å². The monoisotopic (exact) mass is 469 g/mol. The summed E-state index contributed by atoms with van der Waals surface area (Å²) in [5.74, 6) is 3.07. The van der Waals surface area contributed by atoms with Crippen LogP contribution in [0.15, 0.2) is 55.1 Å². The third-order valence-corrected chi connectivity index (χ3v) is 6.44. The van der Waals surface area contributed by atoms with E-state index in [0.717, 1.165) is 57.9 Å². The van der Waals surface area contributed by atoms with Gasteiger partial charge in [0.15, 0.2) is 23.0 Å². The van der Waals surface area contributed by atoms with E-state index >= 15 is 0 Å². The lowest BCUT2D eigenvalue weighted by molar-refractivity contribution is 0.200.